The van der Waals surface area contributed by atoms with Gasteiger partial charge in [-0.25, -0.2) is 8.93 Å². The van der Waals surface area contributed by atoms with Gasteiger partial charge in [-0.15, -0.1) is 0 Å². The fourth-order valence-corrected chi connectivity index (χ4v) is 7.32. The zero-order valence-electron chi connectivity index (χ0n) is 20.2. The average Bonchev–Trinajstić information content (AvgIpc) is 2.84. The van der Waals surface area contributed by atoms with E-state index in [1.165, 1.54) is 27.0 Å². The van der Waals surface area contributed by atoms with Crippen LogP contribution in [0.2, 0.25) is 0 Å². The van der Waals surface area contributed by atoms with E-state index in [1.807, 2.05) is 20.8 Å². The highest BCUT2D eigenvalue weighted by atomic mass is 32.2. The zero-order chi connectivity index (χ0) is 24.1. The Balaban J connectivity index is 1.92. The van der Waals surface area contributed by atoms with Crippen LogP contribution in [-0.4, -0.2) is 8.96 Å². The van der Waals surface area contributed by atoms with Gasteiger partial charge in [0, 0.05) is 0 Å². The van der Waals surface area contributed by atoms with Crippen LogP contribution >= 0.6 is 7.92 Å². The quantitative estimate of drug-likeness (QED) is 0.325. The molecule has 0 amide bonds. The number of hydrogen-bond donors (Lipinski definition) is 1. The molecule has 4 aromatic carbocycles. The molecule has 0 fully saturated rings. The molecular formula is C30H32NOPS. The molecule has 0 saturated carbocycles. The molecule has 0 aliphatic heterocycles. The van der Waals surface area contributed by atoms with Crippen LogP contribution < -0.4 is 20.6 Å². The Morgan fingerprint density at radius 1 is 0.676 bits per heavy atom. The van der Waals surface area contributed by atoms with Gasteiger partial charge in [0.1, 0.15) is 0 Å². The van der Waals surface area contributed by atoms with Gasteiger partial charge in [0.15, 0.2) is 0 Å². The van der Waals surface area contributed by atoms with Crippen molar-refractivity contribution in [1.82, 2.24) is 4.72 Å². The lowest BCUT2D eigenvalue weighted by atomic mass is 9.96. The lowest BCUT2D eigenvalue weighted by molar-refractivity contribution is 0.623. The summed E-state index contributed by atoms with van der Waals surface area (Å²) < 4.78 is 16.5. The minimum Gasteiger partial charge on any atom is -0.242 e. The maximum absolute atomic E-state index is 13.4. The molecule has 4 heteroatoms. The molecule has 0 aliphatic rings. The first kappa shape index (κ1) is 24.5. The summed E-state index contributed by atoms with van der Waals surface area (Å²) in [6.07, 6.45) is 0. The van der Waals surface area contributed by atoms with Gasteiger partial charge < -0.3 is 0 Å². The van der Waals surface area contributed by atoms with Crippen LogP contribution in [0, 0.1) is 6.92 Å². The van der Waals surface area contributed by atoms with E-state index in [4.69, 9.17) is 0 Å². The van der Waals surface area contributed by atoms with Crippen molar-refractivity contribution >= 4 is 34.8 Å². The number of benzene rings is 4. The minimum absolute atomic E-state index is 0.185. The molecule has 2 atom stereocenters. The topological polar surface area (TPSA) is 29.1 Å². The summed E-state index contributed by atoms with van der Waals surface area (Å²) >= 11 is 0. The van der Waals surface area contributed by atoms with Crippen LogP contribution in [0.15, 0.2) is 109 Å². The van der Waals surface area contributed by atoms with Gasteiger partial charge in [0.05, 0.1) is 21.8 Å². The zero-order valence-corrected chi connectivity index (χ0v) is 21.9. The molecular weight excluding hydrogens is 453 g/mol. The van der Waals surface area contributed by atoms with E-state index in [9.17, 15) is 4.21 Å². The summed E-state index contributed by atoms with van der Waals surface area (Å²) in [4.78, 5) is 0. The highest BCUT2D eigenvalue weighted by Gasteiger charge is 2.29. The third kappa shape index (κ3) is 5.55. The van der Waals surface area contributed by atoms with Crippen molar-refractivity contribution in [3.63, 3.8) is 0 Å². The Morgan fingerprint density at radius 3 is 1.68 bits per heavy atom. The lowest BCUT2D eigenvalue weighted by Crippen LogP contribution is -2.38. The molecule has 34 heavy (non-hydrogen) atoms. The highest BCUT2D eigenvalue weighted by molar-refractivity contribution is 7.84. The van der Waals surface area contributed by atoms with Gasteiger partial charge in [-0.3, -0.25) is 0 Å². The third-order valence-electron chi connectivity index (χ3n) is 5.80. The van der Waals surface area contributed by atoms with Crippen molar-refractivity contribution in [1.29, 1.82) is 0 Å². The second-order valence-corrected chi connectivity index (χ2v) is 13.5. The Labute approximate surface area is 207 Å². The number of aryl methyl sites for hydroxylation is 1. The lowest BCUT2D eigenvalue weighted by Gasteiger charge is -2.30. The molecule has 0 aromatic heterocycles. The Kier molecular flexibility index (Phi) is 7.78. The molecule has 0 spiro atoms. The molecule has 4 rings (SSSR count). The van der Waals surface area contributed by atoms with Crippen molar-refractivity contribution < 1.29 is 4.21 Å². The van der Waals surface area contributed by atoms with E-state index in [0.29, 0.717) is 0 Å². The van der Waals surface area contributed by atoms with Crippen LogP contribution in [-0.2, 0) is 11.0 Å². The number of hydrogen-bond acceptors (Lipinski definition) is 1. The number of nitrogens with one attached hydrogen (secondary N) is 1. The number of rotatable bonds is 7. The van der Waals surface area contributed by atoms with Crippen molar-refractivity contribution in [3.8, 4) is 0 Å². The SMILES string of the molecule is Cc1ccccc1C(NS(=O)C(C)(C)C)c1ccccc1P(c1ccccc1)c1ccccc1. The van der Waals surface area contributed by atoms with Gasteiger partial charge in [-0.05, 0) is 68.2 Å². The van der Waals surface area contributed by atoms with Gasteiger partial charge in [0.25, 0.3) is 0 Å². The summed E-state index contributed by atoms with van der Waals surface area (Å²) in [6.45, 7) is 8.16. The maximum Gasteiger partial charge on any atom is 0.0979 e. The van der Waals surface area contributed by atoms with Crippen molar-refractivity contribution in [2.24, 2.45) is 0 Å². The van der Waals surface area contributed by atoms with Crippen LogP contribution in [0.1, 0.15) is 43.5 Å². The van der Waals surface area contributed by atoms with Gasteiger partial charge >= 0.3 is 0 Å². The van der Waals surface area contributed by atoms with E-state index in [-0.39, 0.29) is 10.8 Å². The Hall–Kier alpha value is -2.58. The van der Waals surface area contributed by atoms with Crippen LogP contribution in [0.25, 0.3) is 0 Å². The van der Waals surface area contributed by atoms with Crippen LogP contribution in [0.3, 0.4) is 0 Å². The summed E-state index contributed by atoms with van der Waals surface area (Å²) in [5.41, 5.74) is 3.52. The second kappa shape index (κ2) is 10.8. The first-order chi connectivity index (χ1) is 16.4. The molecule has 4 aromatic rings. The van der Waals surface area contributed by atoms with Crippen LogP contribution in [0.4, 0.5) is 0 Å². The standard InChI is InChI=1S/C30H32NOPS/c1-23-15-11-12-20-26(23)29(31-34(32)30(2,3)4)27-21-13-14-22-28(27)33(24-16-7-5-8-17-24)25-18-9-6-10-19-25/h5-22,29,31H,1-4H3. The summed E-state index contributed by atoms with van der Waals surface area (Å²) in [6, 6.07) is 38.3. The maximum atomic E-state index is 13.4. The smallest absolute Gasteiger partial charge is 0.0979 e. The van der Waals surface area contributed by atoms with E-state index in [1.54, 1.807) is 0 Å². The first-order valence-corrected chi connectivity index (χ1v) is 14.1. The monoisotopic (exact) mass is 485 g/mol. The molecule has 2 nitrogen and oxygen atoms in total. The predicted octanol–water partition coefficient (Wildman–Crippen LogP) is 5.89. The second-order valence-electron chi connectivity index (χ2n) is 9.35. The molecule has 0 aliphatic carbocycles. The van der Waals surface area contributed by atoms with E-state index >= 15 is 0 Å². The molecule has 0 saturated heterocycles. The van der Waals surface area contributed by atoms with E-state index < -0.39 is 18.9 Å². The predicted molar refractivity (Wildman–Crippen MR) is 149 cm³/mol. The third-order valence-corrected chi connectivity index (χ3v) is 9.88. The fraction of sp³-hybridized carbons (Fsp3) is 0.200. The molecule has 174 valence electrons. The molecule has 2 unspecified atom stereocenters. The minimum atomic E-state index is -1.23. The van der Waals surface area contributed by atoms with Crippen molar-refractivity contribution in [3.05, 3.63) is 126 Å². The summed E-state index contributed by atoms with van der Waals surface area (Å²) in [5.74, 6) is 0. The molecule has 0 bridgehead atoms. The van der Waals surface area contributed by atoms with Crippen molar-refractivity contribution in [2.45, 2.75) is 38.5 Å². The van der Waals surface area contributed by atoms with Crippen LogP contribution in [0.5, 0.6) is 0 Å². The average molecular weight is 486 g/mol. The van der Waals surface area contributed by atoms with E-state index in [0.717, 1.165) is 5.56 Å². The van der Waals surface area contributed by atoms with Gasteiger partial charge in [-0.1, -0.05) is 109 Å². The largest absolute Gasteiger partial charge is 0.242 e. The first-order valence-electron chi connectivity index (χ1n) is 11.6. The normalized spacial score (nSPS) is 13.6. The van der Waals surface area contributed by atoms with Gasteiger partial charge in [0.2, 0.25) is 0 Å². The molecule has 0 heterocycles. The summed E-state index contributed by atoms with van der Waals surface area (Å²) in [5, 5.41) is 3.88. The highest BCUT2D eigenvalue weighted by Crippen LogP contribution is 2.37. The molecule has 1 N–H and O–H groups in total. The summed E-state index contributed by atoms with van der Waals surface area (Å²) in [7, 11) is -2.02. The Morgan fingerprint density at radius 2 is 1.15 bits per heavy atom. The fourth-order valence-electron chi connectivity index (χ4n) is 4.01. The Bertz CT molecular complexity index is 1210. The van der Waals surface area contributed by atoms with Gasteiger partial charge in [-0.2, -0.15) is 0 Å². The van der Waals surface area contributed by atoms with Crippen molar-refractivity contribution in [2.75, 3.05) is 0 Å². The van der Waals surface area contributed by atoms with E-state index in [2.05, 4.69) is 121 Å². The molecule has 0 radical (unpaired) electrons.